The molecule has 122 valence electrons. The van der Waals surface area contributed by atoms with Gasteiger partial charge in [-0.25, -0.2) is 0 Å². The Morgan fingerprint density at radius 3 is 2.68 bits per heavy atom. The van der Waals surface area contributed by atoms with Crippen LogP contribution in [-0.2, 0) is 11.3 Å². The third-order valence-corrected chi connectivity index (χ3v) is 4.49. The number of aliphatic hydroxyl groups excluding tert-OH is 1. The summed E-state index contributed by atoms with van der Waals surface area (Å²) in [5, 5.41) is 12.4. The number of aliphatic hydroxyl groups is 1. The smallest absolute Gasteiger partial charge is 0.234 e. The first-order valence-electron chi connectivity index (χ1n) is 8.35. The van der Waals surface area contributed by atoms with E-state index in [9.17, 15) is 9.90 Å². The SMILES string of the molecule is CC1CCCCC1NC(=O)CN(CCO)Cc1ccccc1. The quantitative estimate of drug-likeness (QED) is 0.812. The van der Waals surface area contributed by atoms with Gasteiger partial charge in [0.2, 0.25) is 5.91 Å². The van der Waals surface area contributed by atoms with E-state index in [0.29, 0.717) is 31.6 Å². The molecular weight excluding hydrogens is 276 g/mol. The first-order valence-corrected chi connectivity index (χ1v) is 8.35. The summed E-state index contributed by atoms with van der Waals surface area (Å²) in [7, 11) is 0. The van der Waals surface area contributed by atoms with Crippen molar-refractivity contribution in [2.75, 3.05) is 19.7 Å². The molecule has 22 heavy (non-hydrogen) atoms. The molecule has 1 fully saturated rings. The molecule has 2 N–H and O–H groups in total. The number of rotatable bonds is 7. The predicted molar refractivity (Wildman–Crippen MR) is 88.4 cm³/mol. The highest BCUT2D eigenvalue weighted by molar-refractivity contribution is 5.78. The number of carbonyl (C=O) groups excluding carboxylic acids is 1. The van der Waals surface area contributed by atoms with Gasteiger partial charge in [0.25, 0.3) is 0 Å². The van der Waals surface area contributed by atoms with Gasteiger partial charge in [0, 0.05) is 19.1 Å². The molecule has 0 aromatic heterocycles. The van der Waals surface area contributed by atoms with Gasteiger partial charge in [-0.05, 0) is 24.3 Å². The van der Waals surface area contributed by atoms with Gasteiger partial charge in [-0.2, -0.15) is 0 Å². The van der Waals surface area contributed by atoms with Gasteiger partial charge < -0.3 is 10.4 Å². The topological polar surface area (TPSA) is 52.6 Å². The number of nitrogens with zero attached hydrogens (tertiary/aromatic N) is 1. The molecule has 1 saturated carbocycles. The molecule has 1 aromatic rings. The summed E-state index contributed by atoms with van der Waals surface area (Å²) in [5.41, 5.74) is 1.16. The lowest BCUT2D eigenvalue weighted by atomic mass is 9.86. The molecule has 1 amide bonds. The second kappa shape index (κ2) is 8.91. The summed E-state index contributed by atoms with van der Waals surface area (Å²) < 4.78 is 0. The third-order valence-electron chi connectivity index (χ3n) is 4.49. The molecule has 1 aliphatic carbocycles. The monoisotopic (exact) mass is 304 g/mol. The first kappa shape index (κ1) is 17.0. The number of hydrogen-bond donors (Lipinski definition) is 2. The Morgan fingerprint density at radius 1 is 1.27 bits per heavy atom. The molecule has 0 spiro atoms. The number of hydrogen-bond acceptors (Lipinski definition) is 3. The molecule has 0 bridgehead atoms. The minimum absolute atomic E-state index is 0.0694. The van der Waals surface area contributed by atoms with Crippen molar-refractivity contribution in [3.05, 3.63) is 35.9 Å². The fourth-order valence-corrected chi connectivity index (χ4v) is 3.18. The average molecular weight is 304 g/mol. The van der Waals surface area contributed by atoms with E-state index >= 15 is 0 Å². The van der Waals surface area contributed by atoms with Gasteiger partial charge in [-0.3, -0.25) is 9.69 Å². The minimum Gasteiger partial charge on any atom is -0.395 e. The van der Waals surface area contributed by atoms with Crippen LogP contribution in [0.25, 0.3) is 0 Å². The second-order valence-corrected chi connectivity index (χ2v) is 6.36. The zero-order chi connectivity index (χ0) is 15.8. The van der Waals surface area contributed by atoms with Crippen molar-refractivity contribution in [1.82, 2.24) is 10.2 Å². The third kappa shape index (κ3) is 5.43. The molecule has 0 heterocycles. The van der Waals surface area contributed by atoms with Gasteiger partial charge in [0.05, 0.1) is 13.2 Å². The average Bonchev–Trinajstić information content (AvgIpc) is 2.51. The zero-order valence-electron chi connectivity index (χ0n) is 13.5. The molecular formula is C18H28N2O2. The van der Waals surface area contributed by atoms with Gasteiger partial charge in [-0.15, -0.1) is 0 Å². The van der Waals surface area contributed by atoms with E-state index < -0.39 is 0 Å². The highest BCUT2D eigenvalue weighted by Crippen LogP contribution is 2.23. The Balaban J connectivity index is 1.85. The minimum atomic E-state index is 0.0694. The summed E-state index contributed by atoms with van der Waals surface area (Å²) in [6.07, 6.45) is 4.78. The van der Waals surface area contributed by atoms with Crippen molar-refractivity contribution in [2.45, 2.75) is 45.2 Å². The normalized spacial score (nSPS) is 21.8. The van der Waals surface area contributed by atoms with E-state index in [4.69, 9.17) is 0 Å². The van der Waals surface area contributed by atoms with Crippen LogP contribution in [0.15, 0.2) is 30.3 Å². The maximum atomic E-state index is 12.3. The maximum absolute atomic E-state index is 12.3. The number of nitrogens with one attached hydrogen (secondary N) is 1. The number of benzene rings is 1. The number of amides is 1. The van der Waals surface area contributed by atoms with Crippen LogP contribution in [0.4, 0.5) is 0 Å². The van der Waals surface area contributed by atoms with Crippen LogP contribution in [-0.4, -0.2) is 41.7 Å². The summed E-state index contributed by atoms with van der Waals surface area (Å²) in [6.45, 7) is 3.84. The van der Waals surface area contributed by atoms with E-state index in [2.05, 4.69) is 12.2 Å². The van der Waals surface area contributed by atoms with Crippen molar-refractivity contribution in [2.24, 2.45) is 5.92 Å². The van der Waals surface area contributed by atoms with Gasteiger partial charge in [-0.1, -0.05) is 50.1 Å². The molecule has 1 aromatic carbocycles. The first-order chi connectivity index (χ1) is 10.7. The lowest BCUT2D eigenvalue weighted by molar-refractivity contribution is -0.123. The lowest BCUT2D eigenvalue weighted by Gasteiger charge is -2.30. The predicted octanol–water partition coefficient (Wildman–Crippen LogP) is 2.18. The van der Waals surface area contributed by atoms with Crippen LogP contribution in [0.2, 0.25) is 0 Å². The Hall–Kier alpha value is -1.39. The Bertz CT molecular complexity index is 450. The van der Waals surface area contributed by atoms with E-state index in [1.807, 2.05) is 35.2 Å². The van der Waals surface area contributed by atoms with E-state index in [1.165, 1.54) is 19.3 Å². The van der Waals surface area contributed by atoms with Crippen LogP contribution >= 0.6 is 0 Å². The van der Waals surface area contributed by atoms with Crippen LogP contribution in [0.3, 0.4) is 0 Å². The molecule has 2 unspecified atom stereocenters. The van der Waals surface area contributed by atoms with Crippen LogP contribution < -0.4 is 5.32 Å². The van der Waals surface area contributed by atoms with Gasteiger partial charge in [0.15, 0.2) is 0 Å². The highest BCUT2D eigenvalue weighted by atomic mass is 16.3. The summed E-state index contributed by atoms with van der Waals surface area (Å²) in [6, 6.07) is 10.4. The summed E-state index contributed by atoms with van der Waals surface area (Å²) in [5.74, 6) is 0.640. The highest BCUT2D eigenvalue weighted by Gasteiger charge is 2.23. The summed E-state index contributed by atoms with van der Waals surface area (Å²) in [4.78, 5) is 14.3. The molecule has 4 nitrogen and oxygen atoms in total. The maximum Gasteiger partial charge on any atom is 0.234 e. The van der Waals surface area contributed by atoms with Crippen molar-refractivity contribution < 1.29 is 9.90 Å². The largest absolute Gasteiger partial charge is 0.395 e. The van der Waals surface area contributed by atoms with E-state index in [0.717, 1.165) is 12.0 Å². The second-order valence-electron chi connectivity index (χ2n) is 6.36. The summed E-state index contributed by atoms with van der Waals surface area (Å²) >= 11 is 0. The molecule has 4 heteroatoms. The van der Waals surface area contributed by atoms with E-state index in [1.54, 1.807) is 0 Å². The van der Waals surface area contributed by atoms with Gasteiger partial charge in [0.1, 0.15) is 0 Å². The zero-order valence-corrected chi connectivity index (χ0v) is 13.5. The Morgan fingerprint density at radius 2 is 2.00 bits per heavy atom. The van der Waals surface area contributed by atoms with Crippen molar-refractivity contribution in [1.29, 1.82) is 0 Å². The standard InChI is InChI=1S/C18H28N2O2/c1-15-7-5-6-10-17(15)19-18(22)14-20(11-12-21)13-16-8-3-2-4-9-16/h2-4,8-9,15,17,21H,5-7,10-14H2,1H3,(H,19,22). The molecule has 0 radical (unpaired) electrons. The molecule has 2 rings (SSSR count). The lowest BCUT2D eigenvalue weighted by Crippen LogP contribution is -2.46. The Labute approximate surface area is 133 Å². The van der Waals surface area contributed by atoms with Gasteiger partial charge >= 0.3 is 0 Å². The van der Waals surface area contributed by atoms with E-state index in [-0.39, 0.29) is 12.5 Å². The molecule has 0 saturated heterocycles. The van der Waals surface area contributed by atoms with Crippen molar-refractivity contribution >= 4 is 5.91 Å². The fourth-order valence-electron chi connectivity index (χ4n) is 3.18. The van der Waals surface area contributed by atoms with Crippen LogP contribution in [0.5, 0.6) is 0 Å². The molecule has 0 aliphatic heterocycles. The number of carbonyl (C=O) groups is 1. The van der Waals surface area contributed by atoms with Crippen molar-refractivity contribution in [3.8, 4) is 0 Å². The van der Waals surface area contributed by atoms with Crippen LogP contribution in [0.1, 0.15) is 38.2 Å². The fraction of sp³-hybridized carbons (Fsp3) is 0.611. The molecule has 1 aliphatic rings. The van der Waals surface area contributed by atoms with Crippen molar-refractivity contribution in [3.63, 3.8) is 0 Å². The molecule has 2 atom stereocenters. The Kier molecular flexibility index (Phi) is 6.87. The van der Waals surface area contributed by atoms with Crippen LogP contribution in [0, 0.1) is 5.92 Å².